The fourth-order valence-corrected chi connectivity index (χ4v) is 0.856. The number of ether oxygens (including phenoxy) is 1. The average Bonchev–Trinajstić information content (AvgIpc) is 2.42. The first-order valence-corrected chi connectivity index (χ1v) is 6.87. The third-order valence-electron chi connectivity index (χ3n) is 1.73. The van der Waals surface area contributed by atoms with Crippen LogP contribution in [0.15, 0.2) is 36.5 Å². The molecule has 0 aliphatic rings. The fraction of sp³-hybridized carbons (Fsp3) is 0.625. The topological polar surface area (TPSA) is 9.23 Å². The summed E-state index contributed by atoms with van der Waals surface area (Å²) in [5.41, 5.74) is 1.20. The van der Waals surface area contributed by atoms with Crippen molar-refractivity contribution >= 4 is 0 Å². The van der Waals surface area contributed by atoms with E-state index in [0.29, 0.717) is 6.61 Å². The van der Waals surface area contributed by atoms with Crippen molar-refractivity contribution in [3.8, 4) is 0 Å². The van der Waals surface area contributed by atoms with Crippen molar-refractivity contribution < 1.29 is 4.74 Å². The van der Waals surface area contributed by atoms with Gasteiger partial charge in [-0.2, -0.15) is 0 Å². The first kappa shape index (κ1) is 21.5. The average molecular weight is 240 g/mol. The summed E-state index contributed by atoms with van der Waals surface area (Å²) in [6, 6.07) is 0. The predicted octanol–water partition coefficient (Wildman–Crippen LogP) is 5.54. The molecule has 0 aromatic rings. The summed E-state index contributed by atoms with van der Waals surface area (Å²) in [4.78, 5) is 0. The molecule has 102 valence electrons. The summed E-state index contributed by atoms with van der Waals surface area (Å²) in [5.74, 6) is 0. The van der Waals surface area contributed by atoms with E-state index in [2.05, 4.69) is 19.6 Å². The van der Waals surface area contributed by atoms with Gasteiger partial charge in [-0.05, 0) is 18.9 Å². The number of allylic oxidation sites excluding steroid dienone is 3. The summed E-state index contributed by atoms with van der Waals surface area (Å²) in [7, 11) is 0. The van der Waals surface area contributed by atoms with Gasteiger partial charge in [0.25, 0.3) is 0 Å². The highest BCUT2D eigenvalue weighted by atomic mass is 16.5. The van der Waals surface area contributed by atoms with Crippen molar-refractivity contribution in [1.29, 1.82) is 0 Å². The second-order valence-electron chi connectivity index (χ2n) is 2.86. The van der Waals surface area contributed by atoms with E-state index in [1.807, 2.05) is 46.8 Å². The van der Waals surface area contributed by atoms with Gasteiger partial charge in [0.2, 0.25) is 0 Å². The van der Waals surface area contributed by atoms with Crippen molar-refractivity contribution in [2.75, 3.05) is 13.2 Å². The molecular formula is C16H32O. The molecule has 0 saturated heterocycles. The normalized spacial score (nSPS) is 10.1. The van der Waals surface area contributed by atoms with Crippen LogP contribution in [-0.2, 0) is 4.74 Å². The van der Waals surface area contributed by atoms with Gasteiger partial charge < -0.3 is 4.74 Å². The number of rotatable bonds is 7. The molecule has 1 heteroatoms. The van der Waals surface area contributed by atoms with Crippen LogP contribution in [0.3, 0.4) is 0 Å². The zero-order valence-corrected chi connectivity index (χ0v) is 12.8. The number of hydrogen-bond donors (Lipinski definition) is 0. The minimum absolute atomic E-state index is 0.709. The molecule has 17 heavy (non-hydrogen) atoms. The Morgan fingerprint density at radius 1 is 1.18 bits per heavy atom. The third kappa shape index (κ3) is 21.1. The second kappa shape index (κ2) is 24.4. The number of hydrogen-bond acceptors (Lipinski definition) is 1. The van der Waals surface area contributed by atoms with Crippen LogP contribution < -0.4 is 0 Å². The van der Waals surface area contributed by atoms with Crippen molar-refractivity contribution in [3.05, 3.63) is 36.5 Å². The Balaban J connectivity index is -0.000000439. The van der Waals surface area contributed by atoms with Crippen LogP contribution >= 0.6 is 0 Å². The van der Waals surface area contributed by atoms with Gasteiger partial charge in [0.15, 0.2) is 0 Å². The Bertz CT molecular complexity index is 178. The lowest BCUT2D eigenvalue weighted by molar-refractivity contribution is 0.154. The van der Waals surface area contributed by atoms with E-state index in [-0.39, 0.29) is 0 Å². The third-order valence-corrected chi connectivity index (χ3v) is 1.73. The highest BCUT2D eigenvalue weighted by molar-refractivity contribution is 5.21. The lowest BCUT2D eigenvalue weighted by Crippen LogP contribution is -1.98. The van der Waals surface area contributed by atoms with E-state index in [1.165, 1.54) is 12.0 Å². The second-order valence-corrected chi connectivity index (χ2v) is 2.86. The summed E-state index contributed by atoms with van der Waals surface area (Å²) in [6.07, 6.45) is 10.1. The van der Waals surface area contributed by atoms with Crippen LogP contribution in [0.25, 0.3) is 0 Å². The summed E-state index contributed by atoms with van der Waals surface area (Å²) >= 11 is 0. The summed E-state index contributed by atoms with van der Waals surface area (Å²) < 4.78 is 5.47. The molecule has 0 heterocycles. The van der Waals surface area contributed by atoms with Crippen LogP contribution in [0.5, 0.6) is 0 Å². The van der Waals surface area contributed by atoms with Gasteiger partial charge >= 0.3 is 0 Å². The molecule has 0 fully saturated rings. The largest absolute Gasteiger partial charge is 0.377 e. The maximum Gasteiger partial charge on any atom is 0.0713 e. The Kier molecular flexibility index (Phi) is 30.8. The highest BCUT2D eigenvalue weighted by Crippen LogP contribution is 1.99. The molecule has 0 rings (SSSR count). The maximum absolute atomic E-state index is 5.47. The molecule has 0 spiro atoms. The van der Waals surface area contributed by atoms with E-state index < -0.39 is 0 Å². The Morgan fingerprint density at radius 3 is 2.18 bits per heavy atom. The summed E-state index contributed by atoms with van der Waals surface area (Å²) in [5, 5.41) is 0. The molecule has 1 nitrogen and oxygen atoms in total. The van der Waals surface area contributed by atoms with Crippen LogP contribution in [0, 0.1) is 0 Å². The molecular weight excluding hydrogens is 208 g/mol. The van der Waals surface area contributed by atoms with Gasteiger partial charge in [0, 0.05) is 6.61 Å². The molecule has 0 radical (unpaired) electrons. The standard InChI is InChI=1S/C12H20O.2C2H6/c1-4-7-9-12(6-3)11-13-10-8-5-2;2*1-2/h4,6-7,9H,1,5,8,10-11H2,2-3H3;2*1-2H3/b9-7-,12-6+;;. The highest BCUT2D eigenvalue weighted by Gasteiger charge is 1.90. The summed E-state index contributed by atoms with van der Waals surface area (Å²) in [6.45, 7) is 17.4. The van der Waals surface area contributed by atoms with Crippen LogP contribution in [0.4, 0.5) is 0 Å². The molecule has 0 N–H and O–H groups in total. The lowest BCUT2D eigenvalue weighted by Gasteiger charge is -2.03. The minimum Gasteiger partial charge on any atom is -0.377 e. The van der Waals surface area contributed by atoms with E-state index >= 15 is 0 Å². The SMILES string of the molecule is C=C/C=C\C(=C/C)COCCCC.CC.CC. The predicted molar refractivity (Wildman–Crippen MR) is 81.5 cm³/mol. The molecule has 0 aromatic heterocycles. The van der Waals surface area contributed by atoms with Gasteiger partial charge in [-0.3, -0.25) is 0 Å². The van der Waals surface area contributed by atoms with Gasteiger partial charge in [-0.25, -0.2) is 0 Å². The molecule has 0 bridgehead atoms. The van der Waals surface area contributed by atoms with Crippen molar-refractivity contribution in [1.82, 2.24) is 0 Å². The van der Waals surface area contributed by atoms with E-state index in [9.17, 15) is 0 Å². The van der Waals surface area contributed by atoms with E-state index in [1.54, 1.807) is 6.08 Å². The molecule has 0 unspecified atom stereocenters. The monoisotopic (exact) mass is 240 g/mol. The molecule has 0 aliphatic heterocycles. The first-order valence-electron chi connectivity index (χ1n) is 6.87. The van der Waals surface area contributed by atoms with Crippen LogP contribution in [0.1, 0.15) is 54.4 Å². The molecule has 0 aromatic carbocycles. The maximum atomic E-state index is 5.47. The Labute approximate surface area is 109 Å². The van der Waals surface area contributed by atoms with E-state index in [0.717, 1.165) is 13.0 Å². The van der Waals surface area contributed by atoms with Crippen LogP contribution in [-0.4, -0.2) is 13.2 Å². The van der Waals surface area contributed by atoms with Crippen molar-refractivity contribution in [2.24, 2.45) is 0 Å². The number of unbranched alkanes of at least 4 members (excludes halogenated alkanes) is 1. The van der Waals surface area contributed by atoms with E-state index in [4.69, 9.17) is 4.74 Å². The van der Waals surface area contributed by atoms with Gasteiger partial charge in [0.05, 0.1) is 6.61 Å². The van der Waals surface area contributed by atoms with Gasteiger partial charge in [-0.1, -0.05) is 71.9 Å². The zero-order chi connectivity index (χ0) is 13.9. The van der Waals surface area contributed by atoms with Gasteiger partial charge in [-0.15, -0.1) is 0 Å². The van der Waals surface area contributed by atoms with Gasteiger partial charge in [0.1, 0.15) is 0 Å². The Morgan fingerprint density at radius 2 is 1.76 bits per heavy atom. The smallest absolute Gasteiger partial charge is 0.0713 e. The Hall–Kier alpha value is -0.820. The molecule has 0 aliphatic carbocycles. The molecule has 0 saturated carbocycles. The zero-order valence-electron chi connectivity index (χ0n) is 12.8. The molecule has 0 amide bonds. The minimum atomic E-state index is 0.709. The van der Waals surface area contributed by atoms with Crippen LogP contribution in [0.2, 0.25) is 0 Å². The quantitative estimate of drug-likeness (QED) is 0.419. The van der Waals surface area contributed by atoms with Crippen molar-refractivity contribution in [3.63, 3.8) is 0 Å². The van der Waals surface area contributed by atoms with Crippen molar-refractivity contribution in [2.45, 2.75) is 54.4 Å². The fourth-order valence-electron chi connectivity index (χ4n) is 0.856. The molecule has 0 atom stereocenters. The first-order chi connectivity index (χ1) is 8.35. The lowest BCUT2D eigenvalue weighted by atomic mass is 10.2.